The smallest absolute Gasteiger partial charge is 0.261 e. The molecule has 7 heteroatoms. The van der Waals surface area contributed by atoms with E-state index in [1.807, 2.05) is 36.0 Å². The maximum atomic E-state index is 13.3. The van der Waals surface area contributed by atoms with E-state index in [9.17, 15) is 9.18 Å². The van der Waals surface area contributed by atoms with E-state index in [1.54, 1.807) is 29.3 Å². The lowest BCUT2D eigenvalue weighted by Gasteiger charge is -2.23. The van der Waals surface area contributed by atoms with Crippen LogP contribution in [0.2, 0.25) is 5.02 Å². The van der Waals surface area contributed by atoms with Crippen molar-refractivity contribution in [3.63, 3.8) is 0 Å². The molecule has 140 valence electrons. The Balaban J connectivity index is 1.76. The molecule has 3 rings (SSSR count). The van der Waals surface area contributed by atoms with Crippen LogP contribution in [0, 0.1) is 5.82 Å². The van der Waals surface area contributed by atoms with Crippen molar-refractivity contribution in [1.29, 1.82) is 0 Å². The number of nitrogens with zero attached hydrogens (tertiary/aromatic N) is 3. The number of amides is 1. The Morgan fingerprint density at radius 3 is 2.67 bits per heavy atom. The van der Waals surface area contributed by atoms with Crippen molar-refractivity contribution in [1.82, 2.24) is 14.5 Å². The molecule has 0 spiro atoms. The summed E-state index contributed by atoms with van der Waals surface area (Å²) in [5.74, 6) is 0.698. The fourth-order valence-electron chi connectivity index (χ4n) is 2.56. The predicted octanol–water partition coefficient (Wildman–Crippen LogP) is 3.82. The van der Waals surface area contributed by atoms with Crippen molar-refractivity contribution in [3.05, 3.63) is 83.2 Å². The van der Waals surface area contributed by atoms with Gasteiger partial charge in [-0.25, -0.2) is 9.37 Å². The van der Waals surface area contributed by atoms with Crippen molar-refractivity contribution < 1.29 is 13.9 Å². The molecular formula is C20H19ClFN3O2. The number of hydrogen-bond donors (Lipinski definition) is 0. The van der Waals surface area contributed by atoms with E-state index in [1.165, 1.54) is 12.1 Å². The van der Waals surface area contributed by atoms with Crippen LogP contribution in [0.25, 0.3) is 0 Å². The largest absolute Gasteiger partial charge is 0.484 e. The molecule has 0 aliphatic heterocycles. The lowest BCUT2D eigenvalue weighted by Crippen LogP contribution is -2.35. The second kappa shape index (κ2) is 8.68. The number of carbonyl (C=O) groups is 1. The summed E-state index contributed by atoms with van der Waals surface area (Å²) in [6.45, 7) is 0.393. The molecular weight excluding hydrogens is 369 g/mol. The average molecular weight is 388 g/mol. The molecule has 1 heterocycles. The first kappa shape index (κ1) is 18.9. The minimum atomic E-state index is -0.418. The fraction of sp³-hybridized carbons (Fsp3) is 0.200. The zero-order chi connectivity index (χ0) is 19.2. The van der Waals surface area contributed by atoms with Crippen LogP contribution in [0.3, 0.4) is 0 Å². The van der Waals surface area contributed by atoms with Gasteiger partial charge < -0.3 is 14.2 Å². The standard InChI is InChI=1S/C20H19ClFN3O2/c1-24-10-9-23-19(24)13-25(12-15-7-8-16(22)11-18(15)21)20(26)14-27-17-5-3-2-4-6-17/h2-11H,12-14H2,1H3. The van der Waals surface area contributed by atoms with Gasteiger partial charge in [-0.1, -0.05) is 35.9 Å². The molecule has 0 unspecified atom stereocenters. The molecule has 5 nitrogen and oxygen atoms in total. The van der Waals surface area contributed by atoms with Crippen LogP contribution in [-0.2, 0) is 24.9 Å². The third-order valence-electron chi connectivity index (χ3n) is 4.09. The quantitative estimate of drug-likeness (QED) is 0.619. The van der Waals surface area contributed by atoms with Gasteiger partial charge >= 0.3 is 0 Å². The van der Waals surface area contributed by atoms with Gasteiger partial charge in [-0.2, -0.15) is 0 Å². The van der Waals surface area contributed by atoms with Crippen LogP contribution in [0.15, 0.2) is 60.9 Å². The van der Waals surface area contributed by atoms with Crippen LogP contribution in [0.1, 0.15) is 11.4 Å². The lowest BCUT2D eigenvalue weighted by molar-refractivity contribution is -0.134. The van der Waals surface area contributed by atoms with E-state index in [4.69, 9.17) is 16.3 Å². The Kier molecular flexibility index (Phi) is 6.08. The summed E-state index contributed by atoms with van der Waals surface area (Å²) in [6.07, 6.45) is 3.48. The maximum Gasteiger partial charge on any atom is 0.261 e. The Hall–Kier alpha value is -2.86. The summed E-state index contributed by atoms with van der Waals surface area (Å²) in [4.78, 5) is 18.6. The highest BCUT2D eigenvalue weighted by Gasteiger charge is 2.19. The van der Waals surface area contributed by atoms with Crippen molar-refractivity contribution in [2.45, 2.75) is 13.1 Å². The van der Waals surface area contributed by atoms with Gasteiger partial charge in [0.05, 0.1) is 6.54 Å². The summed E-state index contributed by atoms with van der Waals surface area (Å²) >= 11 is 6.13. The topological polar surface area (TPSA) is 47.4 Å². The Bertz CT molecular complexity index is 915. The summed E-state index contributed by atoms with van der Waals surface area (Å²) in [7, 11) is 1.86. The zero-order valence-corrected chi connectivity index (χ0v) is 15.6. The third kappa shape index (κ3) is 5.08. The number of ether oxygens (including phenoxy) is 1. The SMILES string of the molecule is Cn1ccnc1CN(Cc1ccc(F)cc1Cl)C(=O)COc1ccccc1. The van der Waals surface area contributed by atoms with E-state index in [-0.39, 0.29) is 30.6 Å². The highest BCUT2D eigenvalue weighted by molar-refractivity contribution is 6.31. The lowest BCUT2D eigenvalue weighted by atomic mass is 10.2. The molecule has 2 aromatic carbocycles. The number of imidazole rings is 1. The minimum absolute atomic E-state index is 0.118. The molecule has 0 fully saturated rings. The molecule has 3 aromatic rings. The van der Waals surface area contributed by atoms with Crippen molar-refractivity contribution in [2.24, 2.45) is 7.05 Å². The molecule has 0 saturated heterocycles. The Morgan fingerprint density at radius 2 is 2.00 bits per heavy atom. The molecule has 0 aliphatic rings. The number of para-hydroxylation sites is 1. The first-order valence-corrected chi connectivity index (χ1v) is 8.76. The first-order valence-electron chi connectivity index (χ1n) is 8.38. The van der Waals surface area contributed by atoms with Gasteiger partial charge in [0.2, 0.25) is 0 Å². The highest BCUT2D eigenvalue weighted by atomic mass is 35.5. The zero-order valence-electron chi connectivity index (χ0n) is 14.8. The molecule has 0 radical (unpaired) electrons. The second-order valence-corrected chi connectivity index (χ2v) is 6.45. The normalized spacial score (nSPS) is 10.6. The first-order chi connectivity index (χ1) is 13.0. The minimum Gasteiger partial charge on any atom is -0.484 e. The molecule has 27 heavy (non-hydrogen) atoms. The van der Waals surface area contributed by atoms with E-state index in [0.717, 1.165) is 5.82 Å². The monoisotopic (exact) mass is 387 g/mol. The molecule has 1 aromatic heterocycles. The summed E-state index contributed by atoms with van der Waals surface area (Å²) in [6, 6.07) is 13.3. The number of benzene rings is 2. The van der Waals surface area contributed by atoms with E-state index in [0.29, 0.717) is 11.3 Å². The van der Waals surface area contributed by atoms with Crippen LogP contribution in [0.5, 0.6) is 5.75 Å². The Morgan fingerprint density at radius 1 is 1.22 bits per heavy atom. The maximum absolute atomic E-state index is 13.3. The number of carbonyl (C=O) groups excluding carboxylic acids is 1. The summed E-state index contributed by atoms with van der Waals surface area (Å²) < 4.78 is 20.7. The molecule has 0 saturated carbocycles. The average Bonchev–Trinajstić information content (AvgIpc) is 3.06. The summed E-state index contributed by atoms with van der Waals surface area (Å²) in [5.41, 5.74) is 0.653. The molecule has 0 bridgehead atoms. The van der Waals surface area contributed by atoms with Crippen LogP contribution >= 0.6 is 11.6 Å². The number of halogens is 2. The van der Waals surface area contributed by atoms with Crippen LogP contribution in [-0.4, -0.2) is 27.0 Å². The molecule has 1 amide bonds. The Labute approximate surface area is 162 Å². The number of aryl methyl sites for hydroxylation is 1. The van der Waals surface area contributed by atoms with Gasteiger partial charge in [-0.3, -0.25) is 4.79 Å². The van der Waals surface area contributed by atoms with Gasteiger partial charge in [0.25, 0.3) is 5.91 Å². The van der Waals surface area contributed by atoms with Gasteiger partial charge in [-0.05, 0) is 29.8 Å². The summed E-state index contributed by atoms with van der Waals surface area (Å²) in [5, 5.41) is 0.275. The van der Waals surface area contributed by atoms with Gasteiger partial charge in [0, 0.05) is 31.0 Å². The number of aromatic nitrogens is 2. The fourth-order valence-corrected chi connectivity index (χ4v) is 2.79. The van der Waals surface area contributed by atoms with Crippen LogP contribution < -0.4 is 4.74 Å². The number of rotatable bonds is 7. The molecule has 0 atom stereocenters. The molecule has 0 aliphatic carbocycles. The second-order valence-electron chi connectivity index (χ2n) is 6.04. The number of hydrogen-bond acceptors (Lipinski definition) is 3. The van der Waals surface area contributed by atoms with Crippen LogP contribution in [0.4, 0.5) is 4.39 Å². The van der Waals surface area contributed by atoms with E-state index < -0.39 is 5.82 Å². The van der Waals surface area contributed by atoms with Gasteiger partial charge in [0.15, 0.2) is 6.61 Å². The van der Waals surface area contributed by atoms with Gasteiger partial charge in [-0.15, -0.1) is 0 Å². The van der Waals surface area contributed by atoms with E-state index in [2.05, 4.69) is 4.98 Å². The van der Waals surface area contributed by atoms with E-state index >= 15 is 0 Å². The van der Waals surface area contributed by atoms with Gasteiger partial charge in [0.1, 0.15) is 17.4 Å². The predicted molar refractivity (Wildman–Crippen MR) is 101 cm³/mol. The van der Waals surface area contributed by atoms with Crippen molar-refractivity contribution >= 4 is 17.5 Å². The molecule has 0 N–H and O–H groups in total. The third-order valence-corrected chi connectivity index (χ3v) is 4.44. The van der Waals surface area contributed by atoms with Crippen molar-refractivity contribution in [2.75, 3.05) is 6.61 Å². The van der Waals surface area contributed by atoms with Crippen molar-refractivity contribution in [3.8, 4) is 5.75 Å². The highest BCUT2D eigenvalue weighted by Crippen LogP contribution is 2.20.